The lowest BCUT2D eigenvalue weighted by Crippen LogP contribution is -3.00. The fourth-order valence-corrected chi connectivity index (χ4v) is 3.27. The van der Waals surface area contributed by atoms with E-state index in [2.05, 4.69) is 11.4 Å². The van der Waals surface area contributed by atoms with Crippen molar-refractivity contribution in [2.45, 2.75) is 37.1 Å². The third kappa shape index (κ3) is 4.12. The van der Waals surface area contributed by atoms with E-state index in [9.17, 15) is 5.26 Å². The van der Waals surface area contributed by atoms with Crippen molar-refractivity contribution in [1.82, 2.24) is 5.32 Å². The molecule has 0 unspecified atom stereocenters. The maximum Gasteiger partial charge on any atom is 1.00 e. The number of rotatable bonds is 6. The molecule has 5 heteroatoms. The van der Waals surface area contributed by atoms with Crippen molar-refractivity contribution in [3.05, 3.63) is 54.1 Å². The van der Waals surface area contributed by atoms with Crippen LogP contribution in [0.5, 0.6) is 17.2 Å². The Labute approximate surface area is 162 Å². The highest BCUT2D eigenvalue weighted by Gasteiger charge is 2.44. The van der Waals surface area contributed by atoms with Gasteiger partial charge in [-0.25, -0.2) is 0 Å². The number of hydrogen-bond donors (Lipinski definition) is 1. The van der Waals surface area contributed by atoms with Crippen LogP contribution in [0.15, 0.2) is 48.5 Å². The fraction of sp³-hybridized carbons (Fsp3) is 0.381. The van der Waals surface area contributed by atoms with Crippen LogP contribution in [0.25, 0.3) is 0 Å². The summed E-state index contributed by atoms with van der Waals surface area (Å²) in [6.07, 6.45) is 4.34. The second-order valence-corrected chi connectivity index (χ2v) is 6.90. The first-order valence-electron chi connectivity index (χ1n) is 8.93. The summed E-state index contributed by atoms with van der Waals surface area (Å²) in [5.41, 5.74) is 0.845. The van der Waals surface area contributed by atoms with Crippen LogP contribution in [-0.2, 0) is 5.41 Å². The summed E-state index contributed by atoms with van der Waals surface area (Å²) in [5, 5.41) is 12.7. The van der Waals surface area contributed by atoms with Gasteiger partial charge in [0.15, 0.2) is 0 Å². The van der Waals surface area contributed by atoms with Gasteiger partial charge in [-0.3, -0.25) is 0 Å². The molecular weight excluding hydrogens is 348 g/mol. The molecule has 1 N–H and O–H groups in total. The molecule has 0 radical (unpaired) electrons. The quantitative estimate of drug-likeness (QED) is 0.832. The molecular formula is C21H23ClN2O2. The monoisotopic (exact) mass is 370 g/mol. The van der Waals surface area contributed by atoms with Gasteiger partial charge in [-0.2, -0.15) is 5.26 Å². The van der Waals surface area contributed by atoms with Gasteiger partial charge in [0.05, 0.1) is 11.5 Å². The van der Waals surface area contributed by atoms with Gasteiger partial charge in [0.2, 0.25) is 0 Å². The smallest absolute Gasteiger partial charge is 1.00 e. The molecule has 1 aliphatic heterocycles. The normalized spacial score (nSPS) is 19.9. The van der Waals surface area contributed by atoms with Crippen LogP contribution in [0, 0.1) is 11.3 Å². The molecule has 0 bridgehead atoms. The number of halogens is 1. The molecule has 2 fully saturated rings. The minimum absolute atomic E-state index is 0. The average Bonchev–Trinajstić information content (AvgIpc) is 3.29. The Morgan fingerprint density at radius 3 is 2.19 bits per heavy atom. The maximum absolute atomic E-state index is 9.26. The summed E-state index contributed by atoms with van der Waals surface area (Å²) in [6, 6.07) is 18.5. The first-order valence-corrected chi connectivity index (χ1v) is 8.93. The maximum atomic E-state index is 9.26. The van der Waals surface area contributed by atoms with Gasteiger partial charge in [0.25, 0.3) is 0 Å². The molecule has 0 aromatic heterocycles. The molecule has 2 aromatic rings. The molecule has 4 rings (SSSR count). The van der Waals surface area contributed by atoms with Gasteiger partial charge in [-0.15, -0.1) is 0 Å². The van der Waals surface area contributed by atoms with Gasteiger partial charge in [0.1, 0.15) is 23.9 Å². The standard InChI is InChI=1S/C21H22N2O2.ClH/c22-15-21(11-12-21)16-3-5-19(6-4-16)25-20-9-7-18(8-10-20)24-14-17-2-1-13-23-17;/h3-10,17,23H,1-2,11-14H2;1H/t17-;/m1./s1. The van der Waals surface area contributed by atoms with Crippen LogP contribution in [0.4, 0.5) is 0 Å². The second kappa shape index (κ2) is 7.99. The molecule has 1 saturated heterocycles. The molecule has 1 atom stereocenters. The Hall–Kier alpha value is -2.22. The van der Waals surface area contributed by atoms with Crippen LogP contribution in [0.2, 0.25) is 0 Å². The summed E-state index contributed by atoms with van der Waals surface area (Å²) in [5.74, 6) is 2.42. The number of ether oxygens (including phenoxy) is 2. The summed E-state index contributed by atoms with van der Waals surface area (Å²) < 4.78 is 11.7. The number of nitriles is 1. The number of nitrogens with zero attached hydrogens (tertiary/aromatic N) is 1. The van der Waals surface area contributed by atoms with Crippen LogP contribution < -0.4 is 27.2 Å². The Balaban J connectivity index is 0.00000131. The summed E-state index contributed by atoms with van der Waals surface area (Å²) >= 11 is 0. The largest absolute Gasteiger partial charge is 1.00 e. The van der Waals surface area contributed by atoms with E-state index >= 15 is 0 Å². The lowest BCUT2D eigenvalue weighted by atomic mass is 9.98. The van der Waals surface area contributed by atoms with E-state index in [1.807, 2.05) is 48.5 Å². The van der Waals surface area contributed by atoms with Gasteiger partial charge >= 0.3 is 1.43 Å². The van der Waals surface area contributed by atoms with E-state index in [0.717, 1.165) is 42.2 Å². The van der Waals surface area contributed by atoms with Gasteiger partial charge in [-0.05, 0) is 74.2 Å². The lowest BCUT2D eigenvalue weighted by Gasteiger charge is -2.13. The Morgan fingerprint density at radius 2 is 1.65 bits per heavy atom. The van der Waals surface area contributed by atoms with Crippen LogP contribution in [0.1, 0.15) is 32.7 Å². The van der Waals surface area contributed by atoms with E-state index in [-0.39, 0.29) is 19.2 Å². The predicted molar refractivity (Wildman–Crippen MR) is 97.1 cm³/mol. The van der Waals surface area contributed by atoms with Gasteiger partial charge in [-0.1, -0.05) is 12.1 Å². The molecule has 0 amide bonds. The number of nitrogens with one attached hydrogen (secondary N) is 1. The average molecular weight is 371 g/mol. The van der Waals surface area contributed by atoms with Crippen molar-refractivity contribution in [3.8, 4) is 23.3 Å². The lowest BCUT2D eigenvalue weighted by molar-refractivity contribution is -0.00000618. The van der Waals surface area contributed by atoms with Gasteiger partial charge < -0.3 is 27.2 Å². The van der Waals surface area contributed by atoms with E-state index in [1.54, 1.807) is 0 Å². The van der Waals surface area contributed by atoms with Crippen LogP contribution in [0.3, 0.4) is 0 Å². The Kier molecular flexibility index (Phi) is 5.70. The molecule has 2 aliphatic rings. The summed E-state index contributed by atoms with van der Waals surface area (Å²) in [4.78, 5) is 0. The van der Waals surface area contributed by atoms with E-state index in [0.29, 0.717) is 12.6 Å². The zero-order chi connectivity index (χ0) is 17.1. The Bertz CT molecular complexity index is 764. The molecule has 136 valence electrons. The van der Waals surface area contributed by atoms with Crippen molar-refractivity contribution in [2.75, 3.05) is 13.2 Å². The van der Waals surface area contributed by atoms with Crippen molar-refractivity contribution in [1.29, 1.82) is 5.26 Å². The zero-order valence-electron chi connectivity index (χ0n) is 15.6. The third-order valence-electron chi connectivity index (χ3n) is 5.04. The molecule has 1 aliphatic carbocycles. The van der Waals surface area contributed by atoms with Gasteiger partial charge in [0, 0.05) is 6.04 Å². The minimum Gasteiger partial charge on any atom is -1.00 e. The summed E-state index contributed by atoms with van der Waals surface area (Å²) in [7, 11) is 0. The highest BCUT2D eigenvalue weighted by Crippen LogP contribution is 2.47. The Morgan fingerprint density at radius 1 is 1.04 bits per heavy atom. The highest BCUT2D eigenvalue weighted by molar-refractivity contribution is 5.42. The van der Waals surface area contributed by atoms with E-state index in [1.165, 1.54) is 12.8 Å². The number of hydrogen-bond acceptors (Lipinski definition) is 4. The minimum atomic E-state index is -0.244. The molecule has 2 aromatic carbocycles. The van der Waals surface area contributed by atoms with Crippen LogP contribution >= 0.6 is 0 Å². The molecule has 1 heterocycles. The molecule has 0 spiro atoms. The highest BCUT2D eigenvalue weighted by atomic mass is 35.5. The van der Waals surface area contributed by atoms with Crippen molar-refractivity contribution in [2.24, 2.45) is 0 Å². The van der Waals surface area contributed by atoms with Crippen LogP contribution in [-0.4, -0.2) is 19.2 Å². The van der Waals surface area contributed by atoms with E-state index in [4.69, 9.17) is 9.47 Å². The first-order chi connectivity index (χ1) is 12.3. The van der Waals surface area contributed by atoms with E-state index < -0.39 is 0 Å². The third-order valence-corrected chi connectivity index (χ3v) is 5.04. The first kappa shape index (κ1) is 18.6. The zero-order valence-corrected chi connectivity index (χ0v) is 15.3. The fourth-order valence-electron chi connectivity index (χ4n) is 3.27. The topological polar surface area (TPSA) is 54.3 Å². The second-order valence-electron chi connectivity index (χ2n) is 6.90. The SMILES string of the molecule is N#CC1(c2ccc(Oc3ccc(OC[C@H]4CCCN4)cc3)cc2)CC1.[Cl-].[H+]. The van der Waals surface area contributed by atoms with Crippen molar-refractivity contribution in [3.63, 3.8) is 0 Å². The van der Waals surface area contributed by atoms with Crippen molar-refractivity contribution < 1.29 is 23.3 Å². The van der Waals surface area contributed by atoms with Crippen molar-refractivity contribution >= 4 is 0 Å². The molecule has 26 heavy (non-hydrogen) atoms. The summed E-state index contributed by atoms with van der Waals surface area (Å²) in [6.45, 7) is 1.80. The molecule has 4 nitrogen and oxygen atoms in total. The molecule has 1 saturated carbocycles. The number of benzene rings is 2. The predicted octanol–water partition coefficient (Wildman–Crippen LogP) is 1.28.